The predicted octanol–water partition coefficient (Wildman–Crippen LogP) is 18.9. The number of carbonyl (C=O) groups is 3. The first kappa shape index (κ1) is 64.3. The second kappa shape index (κ2) is 55.9. The van der Waals surface area contributed by atoms with Crippen molar-refractivity contribution in [3.8, 4) is 0 Å². The Morgan fingerprint density at radius 3 is 1.07 bits per heavy atom. The van der Waals surface area contributed by atoms with Crippen molar-refractivity contribution < 1.29 is 28.6 Å². The molecule has 68 heavy (non-hydrogen) atoms. The van der Waals surface area contributed by atoms with Crippen LogP contribution in [0.25, 0.3) is 0 Å². The van der Waals surface area contributed by atoms with Crippen molar-refractivity contribution >= 4 is 17.9 Å². The molecule has 0 bridgehead atoms. The van der Waals surface area contributed by atoms with Gasteiger partial charge in [0.25, 0.3) is 0 Å². The fourth-order valence-corrected chi connectivity index (χ4v) is 7.60. The van der Waals surface area contributed by atoms with Gasteiger partial charge in [-0.1, -0.05) is 234 Å². The summed E-state index contributed by atoms with van der Waals surface area (Å²) >= 11 is 0. The van der Waals surface area contributed by atoms with Gasteiger partial charge >= 0.3 is 17.9 Å². The van der Waals surface area contributed by atoms with Crippen LogP contribution < -0.4 is 0 Å². The average Bonchev–Trinajstić information content (AvgIpc) is 3.34. The third-order valence-electron chi connectivity index (χ3n) is 11.8. The lowest BCUT2D eigenvalue weighted by Crippen LogP contribution is -2.30. The van der Waals surface area contributed by atoms with E-state index in [0.717, 1.165) is 83.5 Å². The van der Waals surface area contributed by atoms with E-state index in [4.69, 9.17) is 14.2 Å². The quantitative estimate of drug-likeness (QED) is 0.0262. The fourth-order valence-electron chi connectivity index (χ4n) is 7.60. The summed E-state index contributed by atoms with van der Waals surface area (Å²) in [6, 6.07) is 0. The molecular weight excluding hydrogens is 841 g/mol. The lowest BCUT2D eigenvalue weighted by atomic mass is 10.1. The lowest BCUT2D eigenvalue weighted by molar-refractivity contribution is -0.166. The highest BCUT2D eigenvalue weighted by Gasteiger charge is 2.19. The number of hydrogen-bond donors (Lipinski definition) is 0. The molecule has 0 aromatic carbocycles. The van der Waals surface area contributed by atoms with Crippen LogP contribution in [-0.4, -0.2) is 37.2 Å². The fraction of sp³-hybridized carbons (Fsp3) is 0.694. The Balaban J connectivity index is 4.50. The lowest BCUT2D eigenvalue weighted by Gasteiger charge is -2.18. The molecule has 0 aromatic rings. The van der Waals surface area contributed by atoms with E-state index in [9.17, 15) is 14.4 Å². The molecule has 0 aliphatic carbocycles. The predicted molar refractivity (Wildman–Crippen MR) is 293 cm³/mol. The Hall–Kier alpha value is -3.67. The standard InChI is InChI=1S/C62H104O6/c1-4-7-10-13-16-19-22-25-28-30-32-34-37-40-43-46-49-52-55-61(64)67-58-59(57-66-60(63)54-51-48-45-42-39-36-33-27-24-21-18-15-12-9-6-3)68-62(65)56-53-50-47-44-41-38-35-31-29-26-23-20-17-14-11-8-5-2/h9,12,17-18,20-21,26-30,33,39,42,48,51,59H,4-8,10-11,13-16,19,22-25,31-32,34-38,40-41,43-47,49-50,52-58H2,1-3H3/b12-9-,20-17-,21-18-,29-26-,30-28-,33-27-,42-39-,51-48-. The van der Waals surface area contributed by atoms with Crippen molar-refractivity contribution in [3.63, 3.8) is 0 Å². The summed E-state index contributed by atoms with van der Waals surface area (Å²) in [4.78, 5) is 38.1. The zero-order valence-electron chi connectivity index (χ0n) is 44.3. The molecule has 0 heterocycles. The third-order valence-corrected chi connectivity index (χ3v) is 11.8. The smallest absolute Gasteiger partial charge is 0.309 e. The minimum atomic E-state index is -0.824. The maximum Gasteiger partial charge on any atom is 0.309 e. The van der Waals surface area contributed by atoms with Gasteiger partial charge in [0.1, 0.15) is 13.2 Å². The number of hydrogen-bond acceptors (Lipinski definition) is 6. The topological polar surface area (TPSA) is 78.9 Å². The maximum absolute atomic E-state index is 12.8. The average molecular weight is 946 g/mol. The molecule has 0 saturated carbocycles. The van der Waals surface area contributed by atoms with Crippen LogP contribution in [0.5, 0.6) is 0 Å². The SMILES string of the molecule is CC/C=C\C/C=C\C/C=C\C/C=C\C/C=C\CC(=O)OCC(COC(=O)CCCCCCCCC/C=C\CCCCCCCCC)OC(=O)CCCCCCCCC/C=C\C/C=C\CCCCC. The van der Waals surface area contributed by atoms with E-state index in [1.807, 2.05) is 6.08 Å². The van der Waals surface area contributed by atoms with Crippen LogP contribution in [0, 0.1) is 0 Å². The van der Waals surface area contributed by atoms with Crippen molar-refractivity contribution in [1.82, 2.24) is 0 Å². The Kier molecular flexibility index (Phi) is 52.9. The number of ether oxygens (including phenoxy) is 3. The van der Waals surface area contributed by atoms with Crippen LogP contribution in [0.15, 0.2) is 97.2 Å². The molecule has 6 nitrogen and oxygen atoms in total. The molecule has 1 unspecified atom stereocenters. The second-order valence-corrected chi connectivity index (χ2v) is 18.5. The molecule has 0 spiro atoms. The highest BCUT2D eigenvalue weighted by molar-refractivity contribution is 5.72. The Morgan fingerprint density at radius 1 is 0.324 bits per heavy atom. The molecule has 0 radical (unpaired) electrons. The van der Waals surface area contributed by atoms with E-state index < -0.39 is 12.1 Å². The molecule has 0 aliphatic rings. The van der Waals surface area contributed by atoms with Gasteiger partial charge in [-0.05, 0) is 103 Å². The van der Waals surface area contributed by atoms with E-state index in [1.165, 1.54) is 135 Å². The summed E-state index contributed by atoms with van der Waals surface area (Å²) in [5.41, 5.74) is 0. The first-order valence-electron chi connectivity index (χ1n) is 28.2. The largest absolute Gasteiger partial charge is 0.462 e. The number of allylic oxidation sites excluding steroid dienone is 15. The van der Waals surface area contributed by atoms with E-state index in [2.05, 4.69) is 106 Å². The molecule has 0 saturated heterocycles. The van der Waals surface area contributed by atoms with Gasteiger partial charge in [0.15, 0.2) is 6.10 Å². The Labute approximate surface area is 419 Å². The van der Waals surface area contributed by atoms with Gasteiger partial charge in [0.2, 0.25) is 0 Å². The van der Waals surface area contributed by atoms with Gasteiger partial charge in [-0.25, -0.2) is 0 Å². The Morgan fingerprint density at radius 2 is 0.632 bits per heavy atom. The van der Waals surface area contributed by atoms with Crippen LogP contribution in [0.4, 0.5) is 0 Å². The van der Waals surface area contributed by atoms with Crippen LogP contribution in [0.3, 0.4) is 0 Å². The van der Waals surface area contributed by atoms with Crippen molar-refractivity contribution in [2.24, 2.45) is 0 Å². The molecule has 0 N–H and O–H groups in total. The third kappa shape index (κ3) is 53.3. The zero-order valence-corrected chi connectivity index (χ0v) is 44.3. The van der Waals surface area contributed by atoms with Crippen molar-refractivity contribution in [1.29, 1.82) is 0 Å². The summed E-state index contributed by atoms with van der Waals surface area (Å²) in [6.07, 6.45) is 74.2. The molecule has 1 atom stereocenters. The molecule has 0 aliphatic heterocycles. The summed E-state index contributed by atoms with van der Waals surface area (Å²) in [5.74, 6) is -1.06. The monoisotopic (exact) mass is 945 g/mol. The Bertz CT molecular complexity index is 1360. The number of esters is 3. The van der Waals surface area contributed by atoms with Crippen LogP contribution >= 0.6 is 0 Å². The molecule has 0 amide bonds. The van der Waals surface area contributed by atoms with Crippen LogP contribution in [-0.2, 0) is 28.6 Å². The number of carbonyl (C=O) groups excluding carboxylic acids is 3. The van der Waals surface area contributed by atoms with Crippen LogP contribution in [0.2, 0.25) is 0 Å². The number of rotatable bonds is 50. The summed E-state index contributed by atoms with van der Waals surface area (Å²) in [7, 11) is 0. The first-order valence-corrected chi connectivity index (χ1v) is 28.2. The van der Waals surface area contributed by atoms with Gasteiger partial charge in [0.05, 0.1) is 6.42 Å². The van der Waals surface area contributed by atoms with Gasteiger partial charge in [-0.15, -0.1) is 0 Å². The highest BCUT2D eigenvalue weighted by atomic mass is 16.6. The molecule has 388 valence electrons. The molecular formula is C62H104O6. The maximum atomic E-state index is 12.8. The van der Waals surface area contributed by atoms with E-state index in [-0.39, 0.29) is 31.6 Å². The van der Waals surface area contributed by atoms with Crippen molar-refractivity contribution in [3.05, 3.63) is 97.2 Å². The van der Waals surface area contributed by atoms with Crippen molar-refractivity contribution in [2.45, 2.75) is 264 Å². The molecule has 0 aromatic heterocycles. The summed E-state index contributed by atoms with van der Waals surface area (Å²) in [6.45, 7) is 6.41. The van der Waals surface area contributed by atoms with Gasteiger partial charge < -0.3 is 14.2 Å². The minimum absolute atomic E-state index is 0.113. The molecule has 0 fully saturated rings. The van der Waals surface area contributed by atoms with Crippen LogP contribution in [0.1, 0.15) is 258 Å². The van der Waals surface area contributed by atoms with E-state index in [1.54, 1.807) is 6.08 Å². The molecule has 6 heteroatoms. The number of unbranched alkanes of at least 4 members (excludes halogenated alkanes) is 24. The van der Waals surface area contributed by atoms with E-state index in [0.29, 0.717) is 12.8 Å². The van der Waals surface area contributed by atoms with Gasteiger partial charge in [-0.2, -0.15) is 0 Å². The second-order valence-electron chi connectivity index (χ2n) is 18.5. The summed E-state index contributed by atoms with van der Waals surface area (Å²) in [5, 5.41) is 0. The highest BCUT2D eigenvalue weighted by Crippen LogP contribution is 2.14. The normalized spacial score (nSPS) is 12.8. The minimum Gasteiger partial charge on any atom is -0.462 e. The van der Waals surface area contributed by atoms with E-state index >= 15 is 0 Å². The first-order chi connectivity index (χ1) is 33.5. The van der Waals surface area contributed by atoms with Gasteiger partial charge in [-0.3, -0.25) is 14.4 Å². The van der Waals surface area contributed by atoms with Crippen molar-refractivity contribution in [2.75, 3.05) is 13.2 Å². The molecule has 0 rings (SSSR count). The summed E-state index contributed by atoms with van der Waals surface area (Å²) < 4.78 is 16.7. The zero-order chi connectivity index (χ0) is 49.3. The van der Waals surface area contributed by atoms with Gasteiger partial charge in [0, 0.05) is 12.8 Å².